The topological polar surface area (TPSA) is 101 Å². The summed E-state index contributed by atoms with van der Waals surface area (Å²) in [7, 11) is 0. The van der Waals surface area contributed by atoms with Crippen LogP contribution in [0.2, 0.25) is 5.15 Å². The lowest BCUT2D eigenvalue weighted by atomic mass is 10.1. The molecule has 2 aromatic heterocycles. The van der Waals surface area contributed by atoms with Gasteiger partial charge in [0.25, 0.3) is 0 Å². The molecule has 102 valence electrons. The van der Waals surface area contributed by atoms with Gasteiger partial charge in [-0.3, -0.25) is 0 Å². The summed E-state index contributed by atoms with van der Waals surface area (Å²) in [6.45, 7) is -0.371. The smallest absolute Gasteiger partial charge is 0.164 e. The lowest BCUT2D eigenvalue weighted by Gasteiger charge is -2.17. The Balaban J connectivity index is 2.04. The van der Waals surface area contributed by atoms with E-state index in [0.29, 0.717) is 16.2 Å². The molecule has 7 nitrogen and oxygen atoms in total. The van der Waals surface area contributed by atoms with Crippen LogP contribution >= 0.6 is 11.6 Å². The van der Waals surface area contributed by atoms with E-state index in [1.165, 1.54) is 6.33 Å². The summed E-state index contributed by atoms with van der Waals surface area (Å²) in [5, 5.41) is 29.7. The second kappa shape index (κ2) is 4.69. The summed E-state index contributed by atoms with van der Waals surface area (Å²) in [6.07, 6.45) is -0.995. The van der Waals surface area contributed by atoms with Crippen molar-refractivity contribution >= 4 is 22.6 Å². The molecule has 0 spiro atoms. The van der Waals surface area contributed by atoms with Crippen LogP contribution in [0.4, 0.5) is 0 Å². The molecule has 2 aromatic rings. The number of aliphatic hydroxyl groups is 3. The molecular weight excluding hydrogens is 274 g/mol. The Morgan fingerprint density at radius 3 is 2.79 bits per heavy atom. The minimum atomic E-state index is -1.15. The van der Waals surface area contributed by atoms with Crippen molar-refractivity contribution in [2.45, 2.75) is 24.5 Å². The lowest BCUT2D eigenvalue weighted by Crippen LogP contribution is -2.33. The van der Waals surface area contributed by atoms with Gasteiger partial charge in [-0.25, -0.2) is 9.97 Å². The standard InChI is InChI=1S/C11H12ClN3O4/c12-9-5-1-2-15(10(5)14-4-13-9)11-8(18)7(17)6(3-16)19-11/h1-2,4,6-8,11,16-18H,3H2/t6-,7?,8+,11-/m1/s1. The highest BCUT2D eigenvalue weighted by Gasteiger charge is 2.43. The Kier molecular flexibility index (Phi) is 3.15. The minimum absolute atomic E-state index is 0.301. The molecule has 0 radical (unpaired) electrons. The summed E-state index contributed by atoms with van der Waals surface area (Å²) < 4.78 is 7.00. The van der Waals surface area contributed by atoms with Gasteiger partial charge in [0, 0.05) is 6.20 Å². The van der Waals surface area contributed by atoms with Gasteiger partial charge >= 0.3 is 0 Å². The molecule has 0 saturated carbocycles. The maximum atomic E-state index is 9.98. The highest BCUT2D eigenvalue weighted by molar-refractivity contribution is 6.33. The molecule has 4 atom stereocenters. The average Bonchev–Trinajstić information content (AvgIpc) is 2.94. The van der Waals surface area contributed by atoms with Crippen molar-refractivity contribution in [3.05, 3.63) is 23.7 Å². The Bertz CT molecular complexity index is 605. The lowest BCUT2D eigenvalue weighted by molar-refractivity contribution is -0.0508. The van der Waals surface area contributed by atoms with E-state index in [9.17, 15) is 10.2 Å². The predicted octanol–water partition coefficient (Wildman–Crippen LogP) is -0.304. The van der Waals surface area contributed by atoms with E-state index in [0.717, 1.165) is 0 Å². The van der Waals surface area contributed by atoms with Crippen LogP contribution in [0, 0.1) is 0 Å². The summed E-state index contributed by atoms with van der Waals surface area (Å²) in [4.78, 5) is 7.95. The van der Waals surface area contributed by atoms with Crippen molar-refractivity contribution in [1.29, 1.82) is 0 Å². The van der Waals surface area contributed by atoms with Gasteiger partial charge in [0.2, 0.25) is 0 Å². The fraction of sp³-hybridized carbons (Fsp3) is 0.455. The highest BCUT2D eigenvalue weighted by Crippen LogP contribution is 2.32. The first-order valence-corrected chi connectivity index (χ1v) is 6.10. The van der Waals surface area contributed by atoms with Gasteiger partial charge in [0.15, 0.2) is 6.23 Å². The zero-order valence-electron chi connectivity index (χ0n) is 9.72. The maximum absolute atomic E-state index is 9.98. The first kappa shape index (κ1) is 12.8. The van der Waals surface area contributed by atoms with Crippen molar-refractivity contribution in [2.24, 2.45) is 0 Å². The number of aromatic nitrogens is 3. The highest BCUT2D eigenvalue weighted by atomic mass is 35.5. The van der Waals surface area contributed by atoms with E-state index in [-0.39, 0.29) is 6.61 Å². The van der Waals surface area contributed by atoms with Crippen LogP contribution in [-0.4, -0.2) is 54.8 Å². The number of ether oxygens (including phenoxy) is 1. The second-order valence-corrected chi connectivity index (χ2v) is 4.71. The van der Waals surface area contributed by atoms with Gasteiger partial charge in [-0.05, 0) is 6.07 Å². The Labute approximate surface area is 113 Å². The summed E-state index contributed by atoms with van der Waals surface area (Å²) in [5.41, 5.74) is 0.495. The average molecular weight is 286 g/mol. The first-order valence-electron chi connectivity index (χ1n) is 5.73. The fourth-order valence-corrected chi connectivity index (χ4v) is 2.45. The molecule has 0 amide bonds. The molecule has 3 rings (SSSR count). The van der Waals surface area contributed by atoms with Crippen LogP contribution in [0.25, 0.3) is 11.0 Å². The van der Waals surface area contributed by atoms with E-state index >= 15 is 0 Å². The molecule has 19 heavy (non-hydrogen) atoms. The molecule has 3 N–H and O–H groups in total. The first-order chi connectivity index (χ1) is 9.13. The van der Waals surface area contributed by atoms with Crippen LogP contribution in [0.1, 0.15) is 6.23 Å². The Morgan fingerprint density at radius 2 is 2.11 bits per heavy atom. The third-order valence-corrected chi connectivity index (χ3v) is 3.55. The van der Waals surface area contributed by atoms with Gasteiger partial charge in [-0.15, -0.1) is 0 Å². The monoisotopic (exact) mass is 285 g/mol. The van der Waals surface area contributed by atoms with Crippen LogP contribution in [0.5, 0.6) is 0 Å². The zero-order chi connectivity index (χ0) is 13.6. The third kappa shape index (κ3) is 1.90. The molecule has 0 aromatic carbocycles. The van der Waals surface area contributed by atoms with Crippen LogP contribution in [0.15, 0.2) is 18.6 Å². The number of aliphatic hydroxyl groups excluding tert-OH is 3. The summed E-state index contributed by atoms with van der Waals surface area (Å²) >= 11 is 5.94. The van der Waals surface area contributed by atoms with Gasteiger partial charge in [-0.1, -0.05) is 11.6 Å². The molecule has 0 aliphatic carbocycles. The van der Waals surface area contributed by atoms with Crippen molar-refractivity contribution in [3.63, 3.8) is 0 Å². The predicted molar refractivity (Wildman–Crippen MR) is 65.5 cm³/mol. The largest absolute Gasteiger partial charge is 0.394 e. The molecular formula is C11H12ClN3O4. The minimum Gasteiger partial charge on any atom is -0.394 e. The van der Waals surface area contributed by atoms with Crippen molar-refractivity contribution in [3.8, 4) is 0 Å². The van der Waals surface area contributed by atoms with Crippen molar-refractivity contribution < 1.29 is 20.1 Å². The normalized spacial score (nSPS) is 31.2. The number of rotatable bonds is 2. The van der Waals surface area contributed by atoms with E-state index < -0.39 is 24.5 Å². The van der Waals surface area contributed by atoms with Crippen molar-refractivity contribution in [2.75, 3.05) is 6.61 Å². The number of hydrogen-bond donors (Lipinski definition) is 3. The molecule has 8 heteroatoms. The third-order valence-electron chi connectivity index (χ3n) is 3.25. The van der Waals surface area contributed by atoms with E-state index in [1.54, 1.807) is 16.8 Å². The zero-order valence-corrected chi connectivity index (χ0v) is 10.5. The summed E-state index contributed by atoms with van der Waals surface area (Å²) in [6, 6.07) is 1.70. The Morgan fingerprint density at radius 1 is 1.32 bits per heavy atom. The van der Waals surface area contributed by atoms with Crippen LogP contribution < -0.4 is 0 Å². The molecule has 1 aliphatic rings. The molecule has 1 saturated heterocycles. The SMILES string of the molecule is OC[C@H]1O[C@@H](n2ccc3c(Cl)ncnc32)[C@@H](O)C1O. The number of halogens is 1. The quantitative estimate of drug-likeness (QED) is 0.655. The van der Waals surface area contributed by atoms with Gasteiger partial charge < -0.3 is 24.6 Å². The summed E-state index contributed by atoms with van der Waals surface area (Å²) in [5.74, 6) is 0. The Hall–Kier alpha value is -1.25. The molecule has 1 aliphatic heterocycles. The molecule has 1 unspecified atom stereocenters. The van der Waals surface area contributed by atoms with E-state index in [2.05, 4.69) is 9.97 Å². The van der Waals surface area contributed by atoms with E-state index in [4.69, 9.17) is 21.4 Å². The molecule has 3 heterocycles. The number of nitrogens with zero attached hydrogens (tertiary/aromatic N) is 3. The van der Waals surface area contributed by atoms with Crippen LogP contribution in [-0.2, 0) is 4.74 Å². The van der Waals surface area contributed by atoms with Gasteiger partial charge in [0.05, 0.1) is 12.0 Å². The molecule has 1 fully saturated rings. The fourth-order valence-electron chi connectivity index (χ4n) is 2.26. The number of hydrogen-bond acceptors (Lipinski definition) is 6. The molecule has 0 bridgehead atoms. The van der Waals surface area contributed by atoms with Gasteiger partial charge in [0.1, 0.15) is 35.4 Å². The van der Waals surface area contributed by atoms with Crippen molar-refractivity contribution in [1.82, 2.24) is 14.5 Å². The second-order valence-electron chi connectivity index (χ2n) is 4.35. The van der Waals surface area contributed by atoms with Gasteiger partial charge in [-0.2, -0.15) is 0 Å². The number of fused-ring (bicyclic) bond motifs is 1. The maximum Gasteiger partial charge on any atom is 0.164 e. The van der Waals surface area contributed by atoms with E-state index in [1.807, 2.05) is 0 Å². The van der Waals surface area contributed by atoms with Crippen LogP contribution in [0.3, 0.4) is 0 Å².